The highest BCUT2D eigenvalue weighted by molar-refractivity contribution is 5.37. The first-order chi connectivity index (χ1) is 8.25. The Morgan fingerprint density at radius 1 is 1.29 bits per heavy atom. The quantitative estimate of drug-likeness (QED) is 0.875. The summed E-state index contributed by atoms with van der Waals surface area (Å²) in [4.78, 5) is 0. The molecule has 90 valence electrons. The van der Waals surface area contributed by atoms with Gasteiger partial charge < -0.3 is 5.32 Å². The second-order valence-corrected chi connectivity index (χ2v) is 5.00. The maximum absolute atomic E-state index is 4.28. The normalized spacial score (nSPS) is 19.4. The van der Waals surface area contributed by atoms with Crippen LogP contribution in [0.1, 0.15) is 38.6 Å². The first-order valence-electron chi connectivity index (χ1n) is 6.31. The molecule has 2 aromatic rings. The fourth-order valence-corrected chi connectivity index (χ4v) is 2.36. The van der Waals surface area contributed by atoms with Crippen molar-refractivity contribution < 1.29 is 0 Å². The second kappa shape index (κ2) is 4.11. The SMILES string of the molecule is C[C@H](N[C@H](C)c1nnc2ccccn12)C1CC1. The van der Waals surface area contributed by atoms with Gasteiger partial charge in [-0.1, -0.05) is 6.07 Å². The first-order valence-corrected chi connectivity index (χ1v) is 6.31. The van der Waals surface area contributed by atoms with E-state index in [0.29, 0.717) is 6.04 Å². The third-order valence-electron chi connectivity index (χ3n) is 3.57. The molecule has 4 nitrogen and oxygen atoms in total. The summed E-state index contributed by atoms with van der Waals surface area (Å²) in [5, 5.41) is 12.1. The maximum Gasteiger partial charge on any atom is 0.160 e. The molecule has 2 atom stereocenters. The number of nitrogens with zero attached hydrogens (tertiary/aromatic N) is 3. The molecule has 0 aliphatic heterocycles. The zero-order chi connectivity index (χ0) is 11.8. The lowest BCUT2D eigenvalue weighted by molar-refractivity contribution is 0.427. The maximum atomic E-state index is 4.28. The molecule has 3 rings (SSSR count). The van der Waals surface area contributed by atoms with Crippen molar-refractivity contribution in [3.8, 4) is 0 Å². The Bertz CT molecular complexity index is 515. The minimum atomic E-state index is 0.239. The molecule has 1 N–H and O–H groups in total. The highest BCUT2D eigenvalue weighted by Crippen LogP contribution is 2.33. The molecule has 0 spiro atoms. The summed E-state index contributed by atoms with van der Waals surface area (Å²) in [6, 6.07) is 6.78. The number of nitrogens with one attached hydrogen (secondary N) is 1. The third kappa shape index (κ3) is 2.05. The molecular weight excluding hydrogens is 212 g/mol. The van der Waals surface area contributed by atoms with Crippen LogP contribution >= 0.6 is 0 Å². The number of rotatable bonds is 4. The van der Waals surface area contributed by atoms with Crippen LogP contribution in [0, 0.1) is 5.92 Å². The summed E-state index contributed by atoms with van der Waals surface area (Å²) < 4.78 is 2.05. The Morgan fingerprint density at radius 3 is 2.88 bits per heavy atom. The number of fused-ring (bicyclic) bond motifs is 1. The standard InChI is InChI=1S/C13H18N4/c1-9(11-6-7-11)14-10(2)13-16-15-12-5-3-4-8-17(12)13/h3-5,8-11,14H,6-7H2,1-2H3/t9-,10+/m0/s1. The van der Waals surface area contributed by atoms with Crippen LogP contribution in [0.2, 0.25) is 0 Å². The van der Waals surface area contributed by atoms with E-state index in [1.165, 1.54) is 12.8 Å². The van der Waals surface area contributed by atoms with Gasteiger partial charge in [-0.3, -0.25) is 4.40 Å². The average molecular weight is 230 g/mol. The van der Waals surface area contributed by atoms with E-state index >= 15 is 0 Å². The van der Waals surface area contributed by atoms with Gasteiger partial charge in [0.05, 0.1) is 6.04 Å². The number of hydrogen-bond donors (Lipinski definition) is 1. The zero-order valence-electron chi connectivity index (χ0n) is 10.3. The topological polar surface area (TPSA) is 42.2 Å². The van der Waals surface area contributed by atoms with Crippen molar-refractivity contribution in [1.29, 1.82) is 0 Å². The van der Waals surface area contributed by atoms with E-state index < -0.39 is 0 Å². The van der Waals surface area contributed by atoms with Crippen molar-refractivity contribution in [2.45, 2.75) is 38.8 Å². The monoisotopic (exact) mass is 230 g/mol. The number of pyridine rings is 1. The van der Waals surface area contributed by atoms with E-state index in [1.54, 1.807) is 0 Å². The summed E-state index contributed by atoms with van der Waals surface area (Å²) in [5.41, 5.74) is 0.912. The lowest BCUT2D eigenvalue weighted by atomic mass is 10.2. The lowest BCUT2D eigenvalue weighted by Gasteiger charge is -2.18. The highest BCUT2D eigenvalue weighted by Gasteiger charge is 2.29. The Kier molecular flexibility index (Phi) is 2.59. The number of hydrogen-bond acceptors (Lipinski definition) is 3. The molecule has 0 radical (unpaired) electrons. The fraction of sp³-hybridized carbons (Fsp3) is 0.538. The average Bonchev–Trinajstić information content (AvgIpc) is 3.09. The Hall–Kier alpha value is -1.42. The lowest BCUT2D eigenvalue weighted by Crippen LogP contribution is -2.31. The van der Waals surface area contributed by atoms with Crippen LogP contribution in [0.4, 0.5) is 0 Å². The first kappa shape index (κ1) is 10.7. The molecule has 2 aromatic heterocycles. The van der Waals surface area contributed by atoms with Crippen LogP contribution in [0.3, 0.4) is 0 Å². The Labute approximate surface area is 101 Å². The van der Waals surface area contributed by atoms with Crippen LogP contribution in [0.5, 0.6) is 0 Å². The minimum absolute atomic E-state index is 0.239. The predicted octanol–water partition coefficient (Wildman–Crippen LogP) is 2.18. The summed E-state index contributed by atoms with van der Waals surface area (Å²) in [5.74, 6) is 1.85. The highest BCUT2D eigenvalue weighted by atomic mass is 15.3. The molecule has 0 aromatic carbocycles. The van der Waals surface area contributed by atoms with Crippen molar-refractivity contribution in [2.75, 3.05) is 0 Å². The van der Waals surface area contributed by atoms with Gasteiger partial charge in [-0.25, -0.2) is 0 Å². The van der Waals surface area contributed by atoms with Crippen molar-refractivity contribution in [1.82, 2.24) is 19.9 Å². The van der Waals surface area contributed by atoms with Crippen molar-refractivity contribution in [3.63, 3.8) is 0 Å². The predicted molar refractivity (Wildman–Crippen MR) is 66.7 cm³/mol. The molecule has 17 heavy (non-hydrogen) atoms. The van der Waals surface area contributed by atoms with Gasteiger partial charge in [-0.2, -0.15) is 0 Å². The van der Waals surface area contributed by atoms with Crippen molar-refractivity contribution >= 4 is 5.65 Å². The van der Waals surface area contributed by atoms with Crippen LogP contribution in [0.15, 0.2) is 24.4 Å². The largest absolute Gasteiger partial charge is 0.305 e. The van der Waals surface area contributed by atoms with Gasteiger partial charge in [-0.15, -0.1) is 10.2 Å². The van der Waals surface area contributed by atoms with Gasteiger partial charge in [0.25, 0.3) is 0 Å². The molecule has 1 aliphatic carbocycles. The molecule has 0 bridgehead atoms. The zero-order valence-corrected chi connectivity index (χ0v) is 10.3. The summed E-state index contributed by atoms with van der Waals surface area (Å²) >= 11 is 0. The van der Waals surface area contributed by atoms with Gasteiger partial charge >= 0.3 is 0 Å². The summed E-state index contributed by atoms with van der Waals surface area (Å²) in [6.45, 7) is 4.42. The molecule has 4 heteroatoms. The van der Waals surface area contributed by atoms with Gasteiger partial charge in [0.1, 0.15) is 0 Å². The van der Waals surface area contributed by atoms with Crippen molar-refractivity contribution in [3.05, 3.63) is 30.2 Å². The third-order valence-corrected chi connectivity index (χ3v) is 3.57. The van der Waals surface area contributed by atoms with Gasteiger partial charge in [0, 0.05) is 12.2 Å². The second-order valence-electron chi connectivity index (χ2n) is 5.00. The minimum Gasteiger partial charge on any atom is -0.305 e. The molecule has 0 amide bonds. The summed E-state index contributed by atoms with van der Waals surface area (Å²) in [6.07, 6.45) is 4.74. The van der Waals surface area contributed by atoms with Gasteiger partial charge in [0.15, 0.2) is 11.5 Å². The van der Waals surface area contributed by atoms with E-state index in [4.69, 9.17) is 0 Å². The van der Waals surface area contributed by atoms with Crippen LogP contribution in [-0.4, -0.2) is 20.6 Å². The van der Waals surface area contributed by atoms with Crippen LogP contribution in [0.25, 0.3) is 5.65 Å². The molecule has 0 saturated heterocycles. The van der Waals surface area contributed by atoms with Crippen molar-refractivity contribution in [2.24, 2.45) is 5.92 Å². The van der Waals surface area contributed by atoms with E-state index in [0.717, 1.165) is 17.4 Å². The van der Waals surface area contributed by atoms with E-state index in [9.17, 15) is 0 Å². The van der Waals surface area contributed by atoms with Crippen LogP contribution < -0.4 is 5.32 Å². The van der Waals surface area contributed by atoms with E-state index in [-0.39, 0.29) is 6.04 Å². The molecule has 1 fully saturated rings. The molecule has 2 heterocycles. The molecule has 1 saturated carbocycles. The van der Waals surface area contributed by atoms with Gasteiger partial charge in [-0.05, 0) is 44.7 Å². The van der Waals surface area contributed by atoms with E-state index in [2.05, 4.69) is 33.8 Å². The molecule has 1 aliphatic rings. The Morgan fingerprint density at radius 2 is 2.12 bits per heavy atom. The van der Waals surface area contributed by atoms with Gasteiger partial charge in [0.2, 0.25) is 0 Å². The summed E-state index contributed by atoms with van der Waals surface area (Å²) in [7, 11) is 0. The van der Waals surface area contributed by atoms with E-state index in [1.807, 2.05) is 24.4 Å². The Balaban J connectivity index is 1.82. The number of aromatic nitrogens is 3. The smallest absolute Gasteiger partial charge is 0.160 e. The molecular formula is C13H18N4. The van der Waals surface area contributed by atoms with Crippen LogP contribution in [-0.2, 0) is 0 Å². The molecule has 0 unspecified atom stereocenters. The fourth-order valence-electron chi connectivity index (χ4n) is 2.36.